The van der Waals surface area contributed by atoms with Gasteiger partial charge < -0.3 is 5.11 Å². The molecule has 5 nitrogen and oxygen atoms in total. The Morgan fingerprint density at radius 2 is 1.69 bits per heavy atom. The Balaban J connectivity index is 4.36. The van der Waals surface area contributed by atoms with Crippen LogP contribution in [0.2, 0.25) is 0 Å². The number of likely N-dealkylation sites (N-methyl/N-ethyl adjacent to an activating group) is 2. The van der Waals surface area contributed by atoms with Crippen molar-refractivity contribution in [2.45, 2.75) is 26.0 Å². The molecule has 0 unspecified atom stereocenters. The first-order valence-corrected chi connectivity index (χ1v) is 5.31. The third-order valence-electron chi connectivity index (χ3n) is 2.26. The molecular formula is C11H22N2O3. The summed E-state index contributed by atoms with van der Waals surface area (Å²) in [6.07, 6.45) is -0.715. The Kier molecular flexibility index (Phi) is 6.40. The number of carbonyl (C=O) groups excluding carboxylic acids is 2. The Bertz CT molecular complexity index is 244. The lowest BCUT2D eigenvalue weighted by molar-refractivity contribution is -0.128. The van der Waals surface area contributed by atoms with Gasteiger partial charge in [0.15, 0.2) is 5.78 Å². The molecule has 0 aliphatic rings. The van der Waals surface area contributed by atoms with Crippen LogP contribution in [0.15, 0.2) is 0 Å². The first-order valence-electron chi connectivity index (χ1n) is 5.31. The number of rotatable bonds is 7. The number of Topliss-reactive ketones (excluding diaryl/α,β-unsaturated/α-hetero) is 2. The van der Waals surface area contributed by atoms with Crippen LogP contribution < -0.4 is 0 Å². The zero-order valence-electron chi connectivity index (χ0n) is 10.7. The maximum atomic E-state index is 11.9. The molecule has 16 heavy (non-hydrogen) atoms. The van der Waals surface area contributed by atoms with Crippen LogP contribution in [0.25, 0.3) is 0 Å². The number of ketones is 2. The van der Waals surface area contributed by atoms with Gasteiger partial charge in [-0.2, -0.15) is 0 Å². The SMILES string of the molecule is CC(=O)CN(C)CC(=O)[C@H]([C@@H](C)O)N(C)C. The molecule has 0 radical (unpaired) electrons. The van der Waals surface area contributed by atoms with E-state index in [9.17, 15) is 14.7 Å². The summed E-state index contributed by atoms with van der Waals surface area (Å²) < 4.78 is 0. The second-order valence-corrected chi connectivity index (χ2v) is 4.49. The smallest absolute Gasteiger partial charge is 0.166 e. The number of nitrogens with zero attached hydrogens (tertiary/aromatic N) is 2. The fourth-order valence-corrected chi connectivity index (χ4v) is 1.78. The van der Waals surface area contributed by atoms with E-state index in [-0.39, 0.29) is 24.7 Å². The lowest BCUT2D eigenvalue weighted by Gasteiger charge is -2.27. The number of carbonyl (C=O) groups is 2. The van der Waals surface area contributed by atoms with E-state index in [0.717, 1.165) is 0 Å². The molecule has 5 heteroatoms. The summed E-state index contributed by atoms with van der Waals surface area (Å²) in [5, 5.41) is 9.50. The normalized spacial score (nSPS) is 15.2. The van der Waals surface area contributed by atoms with E-state index >= 15 is 0 Å². The van der Waals surface area contributed by atoms with Crippen LogP contribution in [0.5, 0.6) is 0 Å². The first-order chi connectivity index (χ1) is 7.25. The lowest BCUT2D eigenvalue weighted by Crippen LogP contribution is -2.48. The molecule has 0 aliphatic heterocycles. The van der Waals surface area contributed by atoms with Crippen molar-refractivity contribution >= 4 is 11.6 Å². The third-order valence-corrected chi connectivity index (χ3v) is 2.26. The van der Waals surface area contributed by atoms with Gasteiger partial charge in [-0.3, -0.25) is 19.4 Å². The lowest BCUT2D eigenvalue weighted by atomic mass is 10.1. The quantitative estimate of drug-likeness (QED) is 0.632. The molecule has 0 rings (SSSR count). The van der Waals surface area contributed by atoms with Gasteiger partial charge in [0.05, 0.1) is 25.2 Å². The molecule has 0 aliphatic carbocycles. The maximum Gasteiger partial charge on any atom is 0.166 e. The van der Waals surface area contributed by atoms with Crippen molar-refractivity contribution in [2.75, 3.05) is 34.2 Å². The maximum absolute atomic E-state index is 11.9. The standard InChI is InChI=1S/C11H22N2O3/c1-8(14)6-13(5)7-10(16)11(9(2)15)12(3)4/h9,11,15H,6-7H2,1-5H3/t9-,11+/m1/s1. The molecule has 0 aromatic rings. The monoisotopic (exact) mass is 230 g/mol. The van der Waals surface area contributed by atoms with Crippen molar-refractivity contribution in [1.82, 2.24) is 9.80 Å². The molecule has 0 amide bonds. The molecule has 0 heterocycles. The van der Waals surface area contributed by atoms with Gasteiger partial charge in [0.2, 0.25) is 0 Å². The van der Waals surface area contributed by atoms with E-state index in [4.69, 9.17) is 0 Å². The van der Waals surface area contributed by atoms with E-state index in [0.29, 0.717) is 0 Å². The second kappa shape index (κ2) is 6.73. The number of hydrogen-bond acceptors (Lipinski definition) is 5. The minimum absolute atomic E-state index is 0.0220. The predicted molar refractivity (Wildman–Crippen MR) is 62.3 cm³/mol. The van der Waals surface area contributed by atoms with Gasteiger partial charge in [-0.05, 0) is 35.0 Å². The highest BCUT2D eigenvalue weighted by Gasteiger charge is 2.26. The first kappa shape index (κ1) is 15.2. The molecule has 0 aromatic carbocycles. The zero-order chi connectivity index (χ0) is 12.9. The predicted octanol–water partition coefficient (Wildman–Crippen LogP) is -0.613. The Morgan fingerprint density at radius 1 is 1.19 bits per heavy atom. The Labute approximate surface area is 97.0 Å². The third kappa shape index (κ3) is 5.34. The number of hydrogen-bond donors (Lipinski definition) is 1. The molecule has 0 saturated carbocycles. The van der Waals surface area contributed by atoms with Gasteiger partial charge in [-0.25, -0.2) is 0 Å². The molecule has 0 bridgehead atoms. The van der Waals surface area contributed by atoms with Gasteiger partial charge in [0.1, 0.15) is 5.78 Å². The summed E-state index contributed by atoms with van der Waals surface area (Å²) >= 11 is 0. The van der Waals surface area contributed by atoms with Crippen LogP contribution in [0, 0.1) is 0 Å². The van der Waals surface area contributed by atoms with Crippen molar-refractivity contribution in [2.24, 2.45) is 0 Å². The van der Waals surface area contributed by atoms with Gasteiger partial charge in [-0.1, -0.05) is 0 Å². The van der Waals surface area contributed by atoms with Gasteiger partial charge in [-0.15, -0.1) is 0 Å². The number of aliphatic hydroxyl groups is 1. The van der Waals surface area contributed by atoms with Gasteiger partial charge >= 0.3 is 0 Å². The largest absolute Gasteiger partial charge is 0.391 e. The van der Waals surface area contributed by atoms with Crippen LogP contribution >= 0.6 is 0 Å². The highest BCUT2D eigenvalue weighted by Crippen LogP contribution is 2.03. The number of aliphatic hydroxyl groups excluding tert-OH is 1. The average molecular weight is 230 g/mol. The summed E-state index contributed by atoms with van der Waals surface area (Å²) in [4.78, 5) is 26.1. The van der Waals surface area contributed by atoms with Crippen molar-refractivity contribution < 1.29 is 14.7 Å². The molecule has 1 N–H and O–H groups in total. The minimum atomic E-state index is -0.715. The Hall–Kier alpha value is -0.780. The average Bonchev–Trinajstić information content (AvgIpc) is 1.98. The van der Waals surface area contributed by atoms with E-state index in [1.165, 1.54) is 6.92 Å². The fourth-order valence-electron chi connectivity index (χ4n) is 1.78. The van der Waals surface area contributed by atoms with Crippen LogP contribution in [-0.4, -0.2) is 72.9 Å². The van der Waals surface area contributed by atoms with Gasteiger partial charge in [0.25, 0.3) is 0 Å². The summed E-state index contributed by atoms with van der Waals surface area (Å²) in [7, 11) is 5.22. The summed E-state index contributed by atoms with van der Waals surface area (Å²) in [6, 6.07) is -0.519. The van der Waals surface area contributed by atoms with Crippen LogP contribution in [0.1, 0.15) is 13.8 Å². The summed E-state index contributed by atoms with van der Waals surface area (Å²) in [5.41, 5.74) is 0. The van der Waals surface area contributed by atoms with Crippen molar-refractivity contribution in [3.8, 4) is 0 Å². The van der Waals surface area contributed by atoms with Crippen LogP contribution in [0.4, 0.5) is 0 Å². The second-order valence-electron chi connectivity index (χ2n) is 4.49. The zero-order valence-corrected chi connectivity index (χ0v) is 10.7. The van der Waals surface area contributed by atoms with Crippen molar-refractivity contribution in [1.29, 1.82) is 0 Å². The molecule has 0 spiro atoms. The van der Waals surface area contributed by atoms with E-state index in [1.807, 2.05) is 0 Å². The van der Waals surface area contributed by atoms with Gasteiger partial charge in [0, 0.05) is 0 Å². The summed E-state index contributed by atoms with van der Waals surface area (Å²) in [5.74, 6) is -0.0579. The van der Waals surface area contributed by atoms with Crippen LogP contribution in [-0.2, 0) is 9.59 Å². The minimum Gasteiger partial charge on any atom is -0.391 e. The molecular weight excluding hydrogens is 208 g/mol. The van der Waals surface area contributed by atoms with E-state index in [2.05, 4.69) is 0 Å². The topological polar surface area (TPSA) is 60.9 Å². The molecule has 0 fully saturated rings. The highest BCUT2D eigenvalue weighted by molar-refractivity contribution is 5.87. The molecule has 0 aromatic heterocycles. The van der Waals surface area contributed by atoms with E-state index < -0.39 is 12.1 Å². The fraction of sp³-hybridized carbons (Fsp3) is 0.818. The van der Waals surface area contributed by atoms with Crippen molar-refractivity contribution in [3.63, 3.8) is 0 Å². The highest BCUT2D eigenvalue weighted by atomic mass is 16.3. The molecule has 0 saturated heterocycles. The molecule has 94 valence electrons. The molecule has 2 atom stereocenters. The van der Waals surface area contributed by atoms with Crippen molar-refractivity contribution in [3.05, 3.63) is 0 Å². The Morgan fingerprint density at radius 3 is 2.00 bits per heavy atom. The van der Waals surface area contributed by atoms with Crippen LogP contribution in [0.3, 0.4) is 0 Å². The summed E-state index contributed by atoms with van der Waals surface area (Å²) in [6.45, 7) is 3.51. The van der Waals surface area contributed by atoms with E-state index in [1.54, 1.807) is 37.9 Å².